The van der Waals surface area contributed by atoms with E-state index in [9.17, 15) is 24.9 Å². The number of carbonyl (C=O) groups excluding carboxylic acids is 2. The van der Waals surface area contributed by atoms with Crippen LogP contribution in [-0.4, -0.2) is 97.4 Å². The molecule has 0 saturated carbocycles. The number of methoxy groups -OCH3 is 2. The molecule has 5 atom stereocenters. The monoisotopic (exact) mass is 582 g/mol. The highest BCUT2D eigenvalue weighted by Crippen LogP contribution is 2.51. The Balaban J connectivity index is 1.55. The van der Waals surface area contributed by atoms with Crippen LogP contribution in [0.1, 0.15) is 29.0 Å². The van der Waals surface area contributed by atoms with Crippen LogP contribution in [0.2, 0.25) is 0 Å². The molecule has 0 aromatic heterocycles. The van der Waals surface area contributed by atoms with Crippen molar-refractivity contribution in [1.82, 2.24) is 10.2 Å². The third-order valence-electron chi connectivity index (χ3n) is 8.19. The SMILES string of the molecule is COc1cccc(CCN(C(=O)C2CCOC2)C2C=C(C(=O)NCCO)C3c4cc(CO)cc(OC)c4OC3C2O)c1. The molecule has 0 spiro atoms. The van der Waals surface area contributed by atoms with Gasteiger partial charge in [0.1, 0.15) is 18.0 Å². The lowest BCUT2D eigenvalue weighted by molar-refractivity contribution is -0.141. The van der Waals surface area contributed by atoms with Gasteiger partial charge in [0.2, 0.25) is 11.8 Å². The number of nitrogens with zero attached hydrogens (tertiary/aromatic N) is 1. The van der Waals surface area contributed by atoms with E-state index < -0.39 is 30.1 Å². The van der Waals surface area contributed by atoms with Gasteiger partial charge >= 0.3 is 0 Å². The van der Waals surface area contributed by atoms with Crippen molar-refractivity contribution in [3.8, 4) is 17.2 Å². The summed E-state index contributed by atoms with van der Waals surface area (Å²) in [6.45, 7) is 0.578. The second kappa shape index (κ2) is 13.1. The van der Waals surface area contributed by atoms with Crippen LogP contribution in [0.4, 0.5) is 0 Å². The second-order valence-electron chi connectivity index (χ2n) is 10.7. The quantitative estimate of drug-likeness (QED) is 0.304. The predicted molar refractivity (Wildman–Crippen MR) is 151 cm³/mol. The number of rotatable bonds is 11. The first-order chi connectivity index (χ1) is 20.4. The van der Waals surface area contributed by atoms with E-state index in [2.05, 4.69) is 5.32 Å². The molecule has 2 amide bonds. The minimum Gasteiger partial charge on any atom is -0.497 e. The number of aliphatic hydroxyl groups excluding tert-OH is 3. The molecule has 2 aliphatic heterocycles. The van der Waals surface area contributed by atoms with Gasteiger partial charge in [-0.25, -0.2) is 0 Å². The molecule has 1 saturated heterocycles. The molecule has 1 aliphatic carbocycles. The Morgan fingerprint density at radius 1 is 1.12 bits per heavy atom. The normalized spacial score (nSPS) is 24.2. The highest BCUT2D eigenvalue weighted by molar-refractivity contribution is 5.96. The van der Waals surface area contributed by atoms with E-state index in [0.717, 1.165) is 5.56 Å². The van der Waals surface area contributed by atoms with Crippen LogP contribution in [0.15, 0.2) is 48.0 Å². The number of nitrogens with one attached hydrogen (secondary N) is 1. The zero-order valence-corrected chi connectivity index (χ0v) is 23.8. The van der Waals surface area contributed by atoms with Crippen LogP contribution in [0.3, 0.4) is 0 Å². The van der Waals surface area contributed by atoms with Crippen molar-refractivity contribution >= 4 is 11.8 Å². The summed E-state index contributed by atoms with van der Waals surface area (Å²) >= 11 is 0. The summed E-state index contributed by atoms with van der Waals surface area (Å²) in [5.74, 6) is -0.205. The van der Waals surface area contributed by atoms with Crippen molar-refractivity contribution in [3.05, 3.63) is 64.7 Å². The molecule has 11 heteroatoms. The third-order valence-corrected chi connectivity index (χ3v) is 8.19. The van der Waals surface area contributed by atoms with Crippen molar-refractivity contribution in [3.63, 3.8) is 0 Å². The molecular formula is C31H38N2O9. The number of aliphatic hydroxyl groups is 3. The van der Waals surface area contributed by atoms with Crippen molar-refractivity contribution < 1.29 is 43.9 Å². The van der Waals surface area contributed by atoms with Gasteiger partial charge in [-0.3, -0.25) is 9.59 Å². The summed E-state index contributed by atoms with van der Waals surface area (Å²) in [5.41, 5.74) is 2.43. The van der Waals surface area contributed by atoms with Crippen LogP contribution in [0, 0.1) is 5.92 Å². The van der Waals surface area contributed by atoms with Crippen LogP contribution in [0.25, 0.3) is 0 Å². The lowest BCUT2D eigenvalue weighted by Crippen LogP contribution is -2.57. The largest absolute Gasteiger partial charge is 0.497 e. The number of hydrogen-bond acceptors (Lipinski definition) is 9. The Kier molecular flexibility index (Phi) is 9.32. The van der Waals surface area contributed by atoms with Crippen molar-refractivity contribution in [1.29, 1.82) is 0 Å². The van der Waals surface area contributed by atoms with Gasteiger partial charge in [-0.05, 0) is 54.3 Å². The Morgan fingerprint density at radius 2 is 1.95 bits per heavy atom. The molecule has 226 valence electrons. The third kappa shape index (κ3) is 5.82. The molecule has 1 fully saturated rings. The lowest BCUT2D eigenvalue weighted by Gasteiger charge is -2.41. The molecule has 2 heterocycles. The van der Waals surface area contributed by atoms with Gasteiger partial charge in [-0.15, -0.1) is 0 Å². The average Bonchev–Trinajstić information content (AvgIpc) is 3.69. The maximum absolute atomic E-state index is 13.9. The molecule has 4 N–H and O–H groups in total. The molecule has 5 rings (SSSR count). The van der Waals surface area contributed by atoms with E-state index in [0.29, 0.717) is 60.0 Å². The Morgan fingerprint density at radius 3 is 2.64 bits per heavy atom. The zero-order chi connectivity index (χ0) is 29.8. The maximum Gasteiger partial charge on any atom is 0.247 e. The minimum atomic E-state index is -1.18. The molecule has 5 unspecified atom stereocenters. The van der Waals surface area contributed by atoms with Gasteiger partial charge in [-0.1, -0.05) is 12.1 Å². The molecule has 42 heavy (non-hydrogen) atoms. The minimum absolute atomic E-state index is 0.0341. The highest BCUT2D eigenvalue weighted by atomic mass is 16.5. The fraction of sp³-hybridized carbons (Fsp3) is 0.484. The lowest BCUT2D eigenvalue weighted by atomic mass is 9.77. The summed E-state index contributed by atoms with van der Waals surface area (Å²) < 4.78 is 22.7. The number of fused-ring (bicyclic) bond motifs is 3. The molecule has 0 bridgehead atoms. The van der Waals surface area contributed by atoms with Gasteiger partial charge < -0.3 is 44.5 Å². The van der Waals surface area contributed by atoms with Crippen molar-refractivity contribution in [2.45, 2.75) is 43.6 Å². The van der Waals surface area contributed by atoms with Crippen molar-refractivity contribution in [2.75, 3.05) is 47.1 Å². The van der Waals surface area contributed by atoms with Gasteiger partial charge in [0, 0.05) is 30.8 Å². The molecule has 0 radical (unpaired) electrons. The molecular weight excluding hydrogens is 544 g/mol. The molecule has 2 aromatic carbocycles. The van der Waals surface area contributed by atoms with Crippen LogP contribution >= 0.6 is 0 Å². The topological polar surface area (TPSA) is 147 Å². The molecule has 11 nitrogen and oxygen atoms in total. The van der Waals surface area contributed by atoms with Crippen LogP contribution in [-0.2, 0) is 27.4 Å². The van der Waals surface area contributed by atoms with E-state index in [1.54, 1.807) is 30.2 Å². The zero-order valence-electron chi connectivity index (χ0n) is 23.8. The van der Waals surface area contributed by atoms with Crippen molar-refractivity contribution in [2.24, 2.45) is 5.92 Å². The summed E-state index contributed by atoms with van der Waals surface area (Å²) in [6, 6.07) is 10.1. The van der Waals surface area contributed by atoms with Gasteiger partial charge in [0.15, 0.2) is 11.5 Å². The summed E-state index contributed by atoms with van der Waals surface area (Å²) in [7, 11) is 3.07. The predicted octanol–water partition coefficient (Wildman–Crippen LogP) is 0.927. The summed E-state index contributed by atoms with van der Waals surface area (Å²) in [4.78, 5) is 29.1. The fourth-order valence-corrected chi connectivity index (χ4v) is 6.07. The standard InChI is InChI=1S/C31H38N2O9/c1-39-21-5-3-4-18(12-21)6-9-33(31(38)20-7-11-41-17-20)24-15-23(30(37)32-8-10-34)26-22-13-19(16-35)14-25(40-2)28(22)42-29(26)27(24)36/h3-5,12-15,20,24,26-27,29,34-36H,6-11,16-17H2,1-2H3,(H,32,37). The highest BCUT2D eigenvalue weighted by Gasteiger charge is 2.52. The van der Waals surface area contributed by atoms with E-state index in [4.69, 9.17) is 18.9 Å². The average molecular weight is 583 g/mol. The van der Waals surface area contributed by atoms with Gasteiger partial charge in [0.05, 0.1) is 51.9 Å². The Labute approximate surface area is 244 Å². The number of ether oxygens (including phenoxy) is 4. The number of amides is 2. The molecule has 3 aliphatic rings. The number of carbonyl (C=O) groups is 2. The fourth-order valence-electron chi connectivity index (χ4n) is 6.07. The summed E-state index contributed by atoms with van der Waals surface area (Å²) in [5, 5.41) is 33.8. The number of benzene rings is 2. The molecule has 2 aromatic rings. The maximum atomic E-state index is 13.9. The van der Waals surface area contributed by atoms with E-state index in [1.165, 1.54) is 7.11 Å². The number of hydrogen-bond donors (Lipinski definition) is 4. The summed E-state index contributed by atoms with van der Waals surface area (Å²) in [6.07, 6.45) is 0.618. The van der Waals surface area contributed by atoms with Crippen LogP contribution < -0.4 is 19.5 Å². The second-order valence-corrected chi connectivity index (χ2v) is 10.7. The smallest absolute Gasteiger partial charge is 0.247 e. The Hall–Kier alpha value is -3.64. The Bertz CT molecular complexity index is 1320. The van der Waals surface area contributed by atoms with E-state index in [1.807, 2.05) is 24.3 Å². The van der Waals surface area contributed by atoms with Crippen LogP contribution in [0.5, 0.6) is 17.2 Å². The van der Waals surface area contributed by atoms with Gasteiger partial charge in [0.25, 0.3) is 0 Å². The van der Waals surface area contributed by atoms with E-state index >= 15 is 0 Å². The first-order valence-electron chi connectivity index (χ1n) is 14.2. The van der Waals surface area contributed by atoms with E-state index in [-0.39, 0.29) is 38.1 Å². The van der Waals surface area contributed by atoms with Gasteiger partial charge in [-0.2, -0.15) is 0 Å². The first-order valence-corrected chi connectivity index (χ1v) is 14.2. The first kappa shape index (κ1) is 29.8.